The first-order valence-corrected chi connectivity index (χ1v) is 16.4. The standard InChI is InChI=1S/C40H21N9S/c1-23-28(20-41)46-29(21-44-23)37-35(48-31-16-8-4-12-24(31)25-13-5-9-17-32(25)48)36(38(50-37)30-22-45-39(42-2)40(43-3)47-30)49-33-18-10-6-14-26(33)27-15-7-11-19-34(27)49/h4-19,21-22H,1H3. The fourth-order valence-corrected chi connectivity index (χ4v) is 7.98. The van der Waals surface area contributed by atoms with Crippen LogP contribution in [0.4, 0.5) is 11.6 Å². The smallest absolute Gasteiger partial charge is 0.294 e. The number of aromatic nitrogens is 6. The summed E-state index contributed by atoms with van der Waals surface area (Å²) < 4.78 is 4.50. The molecule has 0 fully saturated rings. The normalized spacial score (nSPS) is 11.2. The number of benzene rings is 4. The third-order valence-electron chi connectivity index (χ3n) is 8.94. The van der Waals surface area contributed by atoms with Crippen LogP contribution in [0.15, 0.2) is 109 Å². The molecule has 9 nitrogen and oxygen atoms in total. The molecular formula is C40H21N9S. The van der Waals surface area contributed by atoms with Crippen molar-refractivity contribution in [1.82, 2.24) is 29.1 Å². The van der Waals surface area contributed by atoms with Crippen LogP contribution in [0, 0.1) is 31.4 Å². The minimum atomic E-state index is -0.0686. The molecule has 0 spiro atoms. The molecular weight excluding hydrogens is 639 g/mol. The van der Waals surface area contributed by atoms with E-state index in [-0.39, 0.29) is 17.3 Å². The highest BCUT2D eigenvalue weighted by atomic mass is 32.1. The Balaban J connectivity index is 1.55. The lowest BCUT2D eigenvalue weighted by Gasteiger charge is -2.16. The molecule has 4 aromatic carbocycles. The third-order valence-corrected chi connectivity index (χ3v) is 10.2. The van der Waals surface area contributed by atoms with E-state index in [0.717, 1.165) is 64.7 Å². The Morgan fingerprint density at radius 1 is 0.600 bits per heavy atom. The molecule has 9 aromatic rings. The highest BCUT2D eigenvalue weighted by molar-refractivity contribution is 7.20. The van der Waals surface area contributed by atoms with Gasteiger partial charge in [0.25, 0.3) is 11.6 Å². The SMILES string of the molecule is [C-]#[N+]c1ncc(-c2sc(-c3cnc(C)c(C#N)n3)c(-n3c4ccccc4c4ccccc43)c2-n2c3ccccc3c3ccccc32)nc1[N+]#[C-]. The maximum atomic E-state index is 10.0. The fraction of sp³-hybridized carbons (Fsp3) is 0.0250. The first-order valence-electron chi connectivity index (χ1n) is 15.6. The predicted molar refractivity (Wildman–Crippen MR) is 197 cm³/mol. The summed E-state index contributed by atoms with van der Waals surface area (Å²) in [6, 6.07) is 35.4. The van der Waals surface area contributed by atoms with Gasteiger partial charge < -0.3 is 18.8 Å². The number of para-hydroxylation sites is 4. The molecule has 0 unspecified atom stereocenters. The first-order chi connectivity index (χ1) is 24.6. The number of hydrogen-bond acceptors (Lipinski definition) is 6. The molecule has 0 N–H and O–H groups in total. The van der Waals surface area contributed by atoms with Gasteiger partial charge in [0.2, 0.25) is 5.69 Å². The van der Waals surface area contributed by atoms with Crippen molar-refractivity contribution in [3.8, 4) is 38.6 Å². The predicted octanol–water partition coefficient (Wildman–Crippen LogP) is 10.1. The van der Waals surface area contributed by atoms with Crippen LogP contribution in [0.25, 0.3) is 85.8 Å². The molecule has 0 saturated heterocycles. The second-order valence-electron chi connectivity index (χ2n) is 11.6. The molecule has 0 amide bonds. The number of hydrogen-bond donors (Lipinski definition) is 0. The van der Waals surface area contributed by atoms with E-state index >= 15 is 0 Å². The van der Waals surface area contributed by atoms with Gasteiger partial charge in [0, 0.05) is 21.5 Å². The Bertz CT molecular complexity index is 2890. The molecule has 0 bridgehead atoms. The quantitative estimate of drug-likeness (QED) is 0.175. The highest BCUT2D eigenvalue weighted by Crippen LogP contribution is 2.50. The number of nitriles is 1. The van der Waals surface area contributed by atoms with Crippen LogP contribution in [0.5, 0.6) is 0 Å². The number of aryl methyl sites for hydroxylation is 1. The summed E-state index contributed by atoms with van der Waals surface area (Å²) in [5, 5.41) is 14.3. The lowest BCUT2D eigenvalue weighted by molar-refractivity contribution is 1.08. The van der Waals surface area contributed by atoms with Gasteiger partial charge in [-0.3, -0.25) is 4.98 Å². The van der Waals surface area contributed by atoms with Gasteiger partial charge in [-0.15, -0.1) is 21.3 Å². The van der Waals surface area contributed by atoms with Gasteiger partial charge in [-0.05, 0) is 31.2 Å². The molecule has 0 atom stereocenters. The molecule has 10 heteroatoms. The van der Waals surface area contributed by atoms with E-state index in [0.29, 0.717) is 17.1 Å². The molecule has 50 heavy (non-hydrogen) atoms. The molecule has 5 aromatic heterocycles. The van der Waals surface area contributed by atoms with E-state index in [1.165, 1.54) is 11.3 Å². The van der Waals surface area contributed by atoms with Crippen LogP contribution >= 0.6 is 11.3 Å². The lowest BCUT2D eigenvalue weighted by Crippen LogP contribution is -2.04. The third kappa shape index (κ3) is 4.15. The van der Waals surface area contributed by atoms with Crippen LogP contribution in [-0.4, -0.2) is 29.1 Å². The summed E-state index contributed by atoms with van der Waals surface area (Å²) in [7, 11) is 0. The summed E-state index contributed by atoms with van der Waals surface area (Å²) in [4.78, 5) is 27.1. The van der Waals surface area contributed by atoms with Crippen molar-refractivity contribution in [2.75, 3.05) is 0 Å². The molecule has 0 aliphatic rings. The van der Waals surface area contributed by atoms with Crippen LogP contribution in [0.2, 0.25) is 0 Å². The van der Waals surface area contributed by atoms with Crippen molar-refractivity contribution >= 4 is 66.6 Å². The Labute approximate surface area is 289 Å². The molecule has 9 rings (SSSR count). The maximum absolute atomic E-state index is 10.0. The van der Waals surface area contributed by atoms with Gasteiger partial charge >= 0.3 is 0 Å². The summed E-state index contributed by atoms with van der Waals surface area (Å²) in [5.41, 5.74) is 7.29. The zero-order chi connectivity index (χ0) is 33.9. The second-order valence-corrected chi connectivity index (χ2v) is 12.6. The van der Waals surface area contributed by atoms with E-state index in [1.54, 1.807) is 19.3 Å². The van der Waals surface area contributed by atoms with Gasteiger partial charge in [0.15, 0.2) is 11.9 Å². The van der Waals surface area contributed by atoms with Crippen LogP contribution in [-0.2, 0) is 0 Å². The van der Waals surface area contributed by atoms with E-state index in [9.17, 15) is 5.26 Å². The average molecular weight is 660 g/mol. The highest BCUT2D eigenvalue weighted by Gasteiger charge is 2.31. The average Bonchev–Trinajstić information content (AvgIpc) is 3.82. The zero-order valence-electron chi connectivity index (χ0n) is 26.3. The van der Waals surface area contributed by atoms with E-state index in [2.05, 4.69) is 83.4 Å². The van der Waals surface area contributed by atoms with Crippen LogP contribution < -0.4 is 0 Å². The summed E-state index contributed by atoms with van der Waals surface area (Å²) in [5.74, 6) is -0.120. The fourth-order valence-electron chi connectivity index (χ4n) is 6.80. The van der Waals surface area contributed by atoms with Gasteiger partial charge in [0.05, 0.1) is 50.2 Å². The largest absolute Gasteiger partial charge is 0.370 e. The zero-order valence-corrected chi connectivity index (χ0v) is 27.1. The van der Waals surface area contributed by atoms with Crippen molar-refractivity contribution < 1.29 is 0 Å². The van der Waals surface area contributed by atoms with Gasteiger partial charge in [-0.25, -0.2) is 4.98 Å². The number of fused-ring (bicyclic) bond motifs is 6. The monoisotopic (exact) mass is 659 g/mol. The molecule has 0 radical (unpaired) electrons. The van der Waals surface area contributed by atoms with E-state index < -0.39 is 0 Å². The molecule has 0 aliphatic carbocycles. The number of nitrogens with zero attached hydrogens (tertiary/aromatic N) is 9. The van der Waals surface area contributed by atoms with Gasteiger partial charge in [-0.1, -0.05) is 85.9 Å². The van der Waals surface area contributed by atoms with Gasteiger partial charge in [-0.2, -0.15) is 5.26 Å². The molecule has 0 aliphatic heterocycles. The number of rotatable bonds is 4. The molecule has 232 valence electrons. The summed E-state index contributed by atoms with van der Waals surface area (Å²) >= 11 is 1.44. The number of thiophene rings is 1. The Hall–Kier alpha value is -7.19. The van der Waals surface area contributed by atoms with Crippen molar-refractivity contribution in [2.24, 2.45) is 0 Å². The second kappa shape index (κ2) is 11.2. The van der Waals surface area contributed by atoms with Crippen LogP contribution in [0.3, 0.4) is 0 Å². The van der Waals surface area contributed by atoms with Crippen molar-refractivity contribution in [2.45, 2.75) is 6.92 Å². The van der Waals surface area contributed by atoms with Crippen LogP contribution in [0.1, 0.15) is 11.4 Å². The Morgan fingerprint density at radius 2 is 1.02 bits per heavy atom. The van der Waals surface area contributed by atoms with E-state index in [1.807, 2.05) is 48.5 Å². The topological polar surface area (TPSA) is 93.9 Å². The molecule has 0 saturated carbocycles. The van der Waals surface area contributed by atoms with Crippen molar-refractivity contribution in [3.63, 3.8) is 0 Å². The minimum absolute atomic E-state index is 0.0513. The summed E-state index contributed by atoms with van der Waals surface area (Å²) in [6.07, 6.45) is 3.27. The Morgan fingerprint density at radius 3 is 1.46 bits per heavy atom. The maximum Gasteiger partial charge on any atom is 0.294 e. The molecule has 5 heterocycles. The lowest BCUT2D eigenvalue weighted by atomic mass is 10.2. The van der Waals surface area contributed by atoms with E-state index in [4.69, 9.17) is 23.1 Å². The van der Waals surface area contributed by atoms with Gasteiger partial charge in [0.1, 0.15) is 16.6 Å². The first kappa shape index (κ1) is 29.0. The van der Waals surface area contributed by atoms with Crippen molar-refractivity contribution in [3.05, 3.63) is 144 Å². The minimum Gasteiger partial charge on any atom is -0.370 e. The Kier molecular flexibility index (Phi) is 6.50. The van der Waals surface area contributed by atoms with Crippen molar-refractivity contribution in [1.29, 1.82) is 5.26 Å². The summed E-state index contributed by atoms with van der Waals surface area (Å²) in [6.45, 7) is 17.2.